The molecule has 5 heteroatoms. The largest absolute Gasteiger partial charge is 0.388 e. The number of para-hydroxylation sites is 1. The van der Waals surface area contributed by atoms with Crippen LogP contribution in [0, 0.1) is 0 Å². The molecule has 0 atom stereocenters. The Bertz CT molecular complexity index is 584. The van der Waals surface area contributed by atoms with Gasteiger partial charge in [-0.05, 0) is 29.9 Å². The van der Waals surface area contributed by atoms with Crippen molar-refractivity contribution in [1.29, 1.82) is 0 Å². The van der Waals surface area contributed by atoms with Crippen LogP contribution in [0.15, 0.2) is 24.3 Å². The Balaban J connectivity index is 1.98. The molecular formula is C18H26N2O3. The third-order valence-corrected chi connectivity index (χ3v) is 4.30. The number of benzene rings is 1. The first-order valence-electron chi connectivity index (χ1n) is 8.12. The van der Waals surface area contributed by atoms with Crippen LogP contribution in [0.2, 0.25) is 0 Å². The molecule has 126 valence electrons. The highest BCUT2D eigenvalue weighted by Crippen LogP contribution is 2.30. The lowest BCUT2D eigenvalue weighted by atomic mass is 9.86. The maximum atomic E-state index is 12.1. The van der Waals surface area contributed by atoms with Gasteiger partial charge in [0.2, 0.25) is 0 Å². The molecule has 1 fully saturated rings. The summed E-state index contributed by atoms with van der Waals surface area (Å²) in [6.45, 7) is 6.27. The molecule has 23 heavy (non-hydrogen) atoms. The highest BCUT2D eigenvalue weighted by atomic mass is 16.3. The van der Waals surface area contributed by atoms with Crippen molar-refractivity contribution < 1.29 is 14.7 Å². The Morgan fingerprint density at radius 3 is 2.35 bits per heavy atom. The average molecular weight is 318 g/mol. The van der Waals surface area contributed by atoms with Crippen LogP contribution in [0.5, 0.6) is 0 Å². The van der Waals surface area contributed by atoms with Gasteiger partial charge in [-0.2, -0.15) is 0 Å². The lowest BCUT2D eigenvalue weighted by Gasteiger charge is -2.24. The van der Waals surface area contributed by atoms with Crippen molar-refractivity contribution in [3.05, 3.63) is 29.8 Å². The zero-order chi connectivity index (χ0) is 17.1. The molecule has 0 aliphatic heterocycles. The van der Waals surface area contributed by atoms with Crippen LogP contribution >= 0.6 is 0 Å². The number of hydrogen-bond donors (Lipinski definition) is 3. The van der Waals surface area contributed by atoms with Crippen LogP contribution in [-0.4, -0.2) is 29.1 Å². The van der Waals surface area contributed by atoms with Crippen molar-refractivity contribution in [3.8, 4) is 0 Å². The van der Waals surface area contributed by atoms with Crippen molar-refractivity contribution in [3.63, 3.8) is 0 Å². The first kappa shape index (κ1) is 17.5. The van der Waals surface area contributed by atoms with Gasteiger partial charge in [-0.1, -0.05) is 51.8 Å². The van der Waals surface area contributed by atoms with Gasteiger partial charge in [0.1, 0.15) is 0 Å². The van der Waals surface area contributed by atoms with E-state index in [2.05, 4.69) is 10.6 Å². The van der Waals surface area contributed by atoms with Crippen LogP contribution in [0.25, 0.3) is 0 Å². The molecular weight excluding hydrogens is 292 g/mol. The third kappa shape index (κ3) is 4.55. The standard InChI is InChI=1S/C18H26N2O3/c1-17(2,3)13-8-4-5-9-14(13)20-16(22)15(21)19-12-18(23)10-6-7-11-18/h4-5,8-9,23H,6-7,10-12H2,1-3H3,(H,19,21)(H,20,22). The number of nitrogens with one attached hydrogen (secondary N) is 2. The lowest BCUT2D eigenvalue weighted by Crippen LogP contribution is -2.44. The SMILES string of the molecule is CC(C)(C)c1ccccc1NC(=O)C(=O)NCC1(O)CCCC1. The molecule has 1 saturated carbocycles. The van der Waals surface area contributed by atoms with Crippen LogP contribution in [-0.2, 0) is 15.0 Å². The highest BCUT2D eigenvalue weighted by Gasteiger charge is 2.32. The highest BCUT2D eigenvalue weighted by molar-refractivity contribution is 6.39. The van der Waals surface area contributed by atoms with E-state index in [1.54, 1.807) is 6.07 Å². The summed E-state index contributed by atoms with van der Waals surface area (Å²) in [4.78, 5) is 24.1. The van der Waals surface area contributed by atoms with E-state index in [0.29, 0.717) is 18.5 Å². The minimum Gasteiger partial charge on any atom is -0.388 e. The second kappa shape index (κ2) is 6.71. The molecule has 0 spiro atoms. The minimum absolute atomic E-state index is 0.125. The molecule has 5 nitrogen and oxygen atoms in total. The fraction of sp³-hybridized carbons (Fsp3) is 0.556. The molecule has 2 rings (SSSR count). The Labute approximate surface area is 137 Å². The zero-order valence-corrected chi connectivity index (χ0v) is 14.1. The number of carbonyl (C=O) groups excluding carboxylic acids is 2. The van der Waals surface area contributed by atoms with E-state index in [4.69, 9.17) is 0 Å². The van der Waals surface area contributed by atoms with E-state index >= 15 is 0 Å². The summed E-state index contributed by atoms with van der Waals surface area (Å²) in [5.74, 6) is -1.42. The topological polar surface area (TPSA) is 78.4 Å². The van der Waals surface area contributed by atoms with E-state index in [1.807, 2.05) is 39.0 Å². The van der Waals surface area contributed by atoms with Crippen LogP contribution < -0.4 is 10.6 Å². The normalized spacial score (nSPS) is 16.9. The predicted octanol–water partition coefficient (Wildman–Crippen LogP) is 2.34. The molecule has 1 aromatic carbocycles. The monoisotopic (exact) mass is 318 g/mol. The average Bonchev–Trinajstić information content (AvgIpc) is 2.91. The molecule has 0 bridgehead atoms. The van der Waals surface area contributed by atoms with Gasteiger partial charge < -0.3 is 15.7 Å². The van der Waals surface area contributed by atoms with Crippen molar-refractivity contribution >= 4 is 17.5 Å². The van der Waals surface area contributed by atoms with E-state index in [0.717, 1.165) is 18.4 Å². The van der Waals surface area contributed by atoms with Gasteiger partial charge >= 0.3 is 11.8 Å². The first-order chi connectivity index (χ1) is 10.7. The number of aliphatic hydroxyl groups is 1. The molecule has 0 saturated heterocycles. The molecule has 1 aliphatic rings. The van der Waals surface area contributed by atoms with E-state index in [1.165, 1.54) is 0 Å². The van der Waals surface area contributed by atoms with Gasteiger partial charge in [-0.15, -0.1) is 0 Å². The molecule has 3 N–H and O–H groups in total. The van der Waals surface area contributed by atoms with Gasteiger partial charge in [0.15, 0.2) is 0 Å². The Morgan fingerprint density at radius 2 is 1.74 bits per heavy atom. The quantitative estimate of drug-likeness (QED) is 0.749. The zero-order valence-electron chi connectivity index (χ0n) is 14.1. The van der Waals surface area contributed by atoms with E-state index in [9.17, 15) is 14.7 Å². The Hall–Kier alpha value is -1.88. The van der Waals surface area contributed by atoms with Gasteiger partial charge in [-0.3, -0.25) is 9.59 Å². The van der Waals surface area contributed by atoms with Crippen LogP contribution in [0.1, 0.15) is 52.0 Å². The number of amides is 2. The number of rotatable bonds is 3. The van der Waals surface area contributed by atoms with Crippen LogP contribution in [0.3, 0.4) is 0 Å². The molecule has 0 heterocycles. The molecule has 0 aromatic heterocycles. The van der Waals surface area contributed by atoms with Crippen molar-refractivity contribution in [1.82, 2.24) is 5.32 Å². The summed E-state index contributed by atoms with van der Waals surface area (Å²) in [5.41, 5.74) is 0.605. The molecule has 0 radical (unpaired) electrons. The number of carbonyl (C=O) groups is 2. The second-order valence-corrected chi connectivity index (χ2v) is 7.36. The van der Waals surface area contributed by atoms with E-state index < -0.39 is 17.4 Å². The van der Waals surface area contributed by atoms with Gasteiger partial charge in [-0.25, -0.2) is 0 Å². The van der Waals surface area contributed by atoms with Gasteiger partial charge in [0.25, 0.3) is 0 Å². The third-order valence-electron chi connectivity index (χ3n) is 4.30. The van der Waals surface area contributed by atoms with Crippen LogP contribution in [0.4, 0.5) is 5.69 Å². The second-order valence-electron chi connectivity index (χ2n) is 7.36. The molecule has 0 unspecified atom stereocenters. The minimum atomic E-state index is -0.862. The summed E-state index contributed by atoms with van der Waals surface area (Å²) >= 11 is 0. The summed E-state index contributed by atoms with van der Waals surface area (Å²) in [5, 5.41) is 15.4. The fourth-order valence-electron chi connectivity index (χ4n) is 2.96. The summed E-state index contributed by atoms with van der Waals surface area (Å²) in [6.07, 6.45) is 3.25. The lowest BCUT2D eigenvalue weighted by molar-refractivity contribution is -0.136. The van der Waals surface area contributed by atoms with Gasteiger partial charge in [0, 0.05) is 12.2 Å². The number of hydrogen-bond acceptors (Lipinski definition) is 3. The smallest absolute Gasteiger partial charge is 0.313 e. The fourth-order valence-corrected chi connectivity index (χ4v) is 2.96. The molecule has 1 aliphatic carbocycles. The first-order valence-corrected chi connectivity index (χ1v) is 8.12. The van der Waals surface area contributed by atoms with E-state index in [-0.39, 0.29) is 12.0 Å². The van der Waals surface area contributed by atoms with Gasteiger partial charge in [0.05, 0.1) is 5.60 Å². The molecule has 1 aromatic rings. The summed E-state index contributed by atoms with van der Waals surface area (Å²) in [6, 6.07) is 7.46. The number of anilines is 1. The predicted molar refractivity (Wildman–Crippen MR) is 90.2 cm³/mol. The van der Waals surface area contributed by atoms with Crippen molar-refractivity contribution in [2.24, 2.45) is 0 Å². The van der Waals surface area contributed by atoms with Crippen molar-refractivity contribution in [2.45, 2.75) is 57.5 Å². The summed E-state index contributed by atoms with van der Waals surface area (Å²) < 4.78 is 0. The maximum absolute atomic E-state index is 12.1. The van der Waals surface area contributed by atoms with Crippen molar-refractivity contribution in [2.75, 3.05) is 11.9 Å². The molecule has 2 amide bonds. The Kier molecular flexibility index (Phi) is 5.09. The maximum Gasteiger partial charge on any atom is 0.313 e. The Morgan fingerprint density at radius 1 is 1.13 bits per heavy atom. The summed E-state index contributed by atoms with van der Waals surface area (Å²) in [7, 11) is 0.